The van der Waals surface area contributed by atoms with Crippen molar-refractivity contribution in [1.29, 1.82) is 5.26 Å². The van der Waals surface area contributed by atoms with Gasteiger partial charge in [0.1, 0.15) is 0 Å². The van der Waals surface area contributed by atoms with Gasteiger partial charge in [-0.05, 0) is 40.0 Å². The van der Waals surface area contributed by atoms with Gasteiger partial charge in [0.15, 0.2) is 0 Å². The van der Waals surface area contributed by atoms with E-state index in [1.165, 1.54) is 5.56 Å². The van der Waals surface area contributed by atoms with Gasteiger partial charge in [-0.2, -0.15) is 10.4 Å². The lowest BCUT2D eigenvalue weighted by Crippen LogP contribution is -1.96. The number of nitriles is 1. The Bertz CT molecular complexity index is 549. The molecule has 0 fully saturated rings. The lowest BCUT2D eigenvalue weighted by atomic mass is 10.1. The number of aromatic nitrogens is 2. The van der Waals surface area contributed by atoms with Gasteiger partial charge in [0.25, 0.3) is 0 Å². The van der Waals surface area contributed by atoms with Gasteiger partial charge < -0.3 is 0 Å². The first kappa shape index (κ1) is 11.9. The molecule has 0 amide bonds. The zero-order chi connectivity index (χ0) is 12.3. The summed E-state index contributed by atoms with van der Waals surface area (Å²) in [6, 6.07) is 10.4. The Balaban J connectivity index is 2.33. The number of halogens is 1. The number of hydrogen-bond donors (Lipinski definition) is 0. The molecule has 86 valence electrons. The van der Waals surface area contributed by atoms with Gasteiger partial charge in [-0.25, -0.2) is 4.68 Å². The summed E-state index contributed by atoms with van der Waals surface area (Å²) in [5, 5.41) is 13.0. The van der Waals surface area contributed by atoms with Crippen LogP contribution in [0.15, 0.2) is 34.9 Å². The van der Waals surface area contributed by atoms with Crippen molar-refractivity contribution in [2.45, 2.75) is 19.8 Å². The Kier molecular flexibility index (Phi) is 3.60. The third-order valence-corrected chi connectivity index (χ3v) is 3.26. The highest BCUT2D eigenvalue weighted by atomic mass is 79.9. The predicted molar refractivity (Wildman–Crippen MR) is 70.0 cm³/mol. The summed E-state index contributed by atoms with van der Waals surface area (Å²) in [5.74, 6) is 0. The molecule has 2 aromatic rings. The SMILES string of the molecule is CCc1ccc(-n2cc(Br)c(CC#N)n2)cc1. The van der Waals surface area contributed by atoms with Crippen molar-refractivity contribution in [2.24, 2.45) is 0 Å². The number of nitrogens with zero attached hydrogens (tertiary/aromatic N) is 3. The molecule has 1 heterocycles. The molecule has 17 heavy (non-hydrogen) atoms. The second kappa shape index (κ2) is 5.15. The van der Waals surface area contributed by atoms with Crippen LogP contribution in [0.3, 0.4) is 0 Å². The van der Waals surface area contributed by atoms with Crippen molar-refractivity contribution in [1.82, 2.24) is 9.78 Å². The fourth-order valence-electron chi connectivity index (χ4n) is 1.60. The third-order valence-electron chi connectivity index (χ3n) is 2.60. The van der Waals surface area contributed by atoms with Crippen molar-refractivity contribution >= 4 is 15.9 Å². The predicted octanol–water partition coefficient (Wildman–Crippen LogP) is 3.26. The van der Waals surface area contributed by atoms with Crippen LogP contribution in [0.25, 0.3) is 5.69 Å². The fourth-order valence-corrected chi connectivity index (χ4v) is 2.01. The van der Waals surface area contributed by atoms with Crippen molar-refractivity contribution in [3.05, 3.63) is 46.2 Å². The maximum absolute atomic E-state index is 8.67. The lowest BCUT2D eigenvalue weighted by molar-refractivity contribution is 0.852. The molecule has 0 unspecified atom stereocenters. The number of rotatable bonds is 3. The van der Waals surface area contributed by atoms with E-state index in [1.807, 2.05) is 18.3 Å². The normalized spacial score (nSPS) is 10.2. The molecule has 0 aliphatic heterocycles. The average Bonchev–Trinajstić information content (AvgIpc) is 2.72. The van der Waals surface area contributed by atoms with Crippen LogP contribution in [0.5, 0.6) is 0 Å². The lowest BCUT2D eigenvalue weighted by Gasteiger charge is -2.02. The molecule has 0 aliphatic carbocycles. The Hall–Kier alpha value is -1.60. The maximum atomic E-state index is 8.67. The first-order valence-electron chi connectivity index (χ1n) is 5.45. The van der Waals surface area contributed by atoms with Crippen LogP contribution in [0, 0.1) is 11.3 Å². The van der Waals surface area contributed by atoms with Crippen molar-refractivity contribution < 1.29 is 0 Å². The molecule has 0 saturated heterocycles. The molecule has 4 heteroatoms. The molecule has 2 rings (SSSR count). The summed E-state index contributed by atoms with van der Waals surface area (Å²) < 4.78 is 2.66. The molecule has 1 aromatic carbocycles. The van der Waals surface area contributed by atoms with Crippen molar-refractivity contribution in [3.63, 3.8) is 0 Å². The van der Waals surface area contributed by atoms with E-state index in [0.29, 0.717) is 6.42 Å². The zero-order valence-corrected chi connectivity index (χ0v) is 11.1. The minimum absolute atomic E-state index is 0.320. The van der Waals surface area contributed by atoms with Crippen LogP contribution in [-0.2, 0) is 12.8 Å². The molecular weight excluding hydrogens is 278 g/mol. The molecule has 0 bridgehead atoms. The van der Waals surface area contributed by atoms with Crippen LogP contribution in [-0.4, -0.2) is 9.78 Å². The van der Waals surface area contributed by atoms with Crippen molar-refractivity contribution in [3.8, 4) is 11.8 Å². The number of benzene rings is 1. The molecule has 0 aliphatic rings. The second-order valence-electron chi connectivity index (χ2n) is 3.72. The highest BCUT2D eigenvalue weighted by Crippen LogP contribution is 2.18. The maximum Gasteiger partial charge on any atom is 0.0911 e. The van der Waals surface area contributed by atoms with Gasteiger partial charge >= 0.3 is 0 Å². The first-order valence-corrected chi connectivity index (χ1v) is 6.24. The van der Waals surface area contributed by atoms with E-state index in [9.17, 15) is 0 Å². The van der Waals surface area contributed by atoms with Gasteiger partial charge in [0.2, 0.25) is 0 Å². The van der Waals surface area contributed by atoms with E-state index in [2.05, 4.69) is 46.2 Å². The largest absolute Gasteiger partial charge is 0.240 e. The zero-order valence-electron chi connectivity index (χ0n) is 9.52. The highest BCUT2D eigenvalue weighted by Gasteiger charge is 2.07. The molecule has 0 saturated carbocycles. The Morgan fingerprint density at radius 2 is 2.06 bits per heavy atom. The number of hydrogen-bond acceptors (Lipinski definition) is 2. The average molecular weight is 290 g/mol. The Morgan fingerprint density at radius 1 is 1.35 bits per heavy atom. The molecular formula is C13H12BrN3. The second-order valence-corrected chi connectivity index (χ2v) is 4.58. The summed E-state index contributed by atoms with van der Waals surface area (Å²) >= 11 is 3.41. The topological polar surface area (TPSA) is 41.6 Å². The van der Waals surface area contributed by atoms with E-state index in [1.54, 1.807) is 4.68 Å². The Morgan fingerprint density at radius 3 is 2.65 bits per heavy atom. The van der Waals surface area contributed by atoms with Gasteiger partial charge in [0, 0.05) is 6.20 Å². The van der Waals surface area contributed by atoms with Crippen LogP contribution in [0.1, 0.15) is 18.2 Å². The molecule has 0 radical (unpaired) electrons. The summed E-state index contributed by atoms with van der Waals surface area (Å²) in [5.41, 5.74) is 3.08. The van der Waals surface area contributed by atoms with Gasteiger partial charge in [0.05, 0.1) is 28.3 Å². The molecule has 0 atom stereocenters. The summed E-state index contributed by atoms with van der Waals surface area (Å²) in [7, 11) is 0. The minimum Gasteiger partial charge on any atom is -0.240 e. The van der Waals surface area contributed by atoms with E-state index in [0.717, 1.165) is 22.3 Å². The first-order chi connectivity index (χ1) is 8.24. The summed E-state index contributed by atoms with van der Waals surface area (Å²) in [6.07, 6.45) is 3.23. The molecule has 0 N–H and O–H groups in total. The Labute approximate surface area is 109 Å². The van der Waals surface area contributed by atoms with Gasteiger partial charge in [-0.1, -0.05) is 19.1 Å². The third kappa shape index (κ3) is 2.56. The van der Waals surface area contributed by atoms with E-state index in [-0.39, 0.29) is 0 Å². The van der Waals surface area contributed by atoms with E-state index >= 15 is 0 Å². The monoisotopic (exact) mass is 289 g/mol. The quantitative estimate of drug-likeness (QED) is 0.870. The van der Waals surface area contributed by atoms with Gasteiger partial charge in [-0.15, -0.1) is 0 Å². The van der Waals surface area contributed by atoms with E-state index < -0.39 is 0 Å². The number of aryl methyl sites for hydroxylation is 1. The smallest absolute Gasteiger partial charge is 0.0911 e. The fraction of sp³-hybridized carbons (Fsp3) is 0.231. The summed E-state index contributed by atoms with van der Waals surface area (Å²) in [6.45, 7) is 2.13. The van der Waals surface area contributed by atoms with Gasteiger partial charge in [-0.3, -0.25) is 0 Å². The molecule has 0 spiro atoms. The molecule has 3 nitrogen and oxygen atoms in total. The standard InChI is InChI=1S/C13H12BrN3/c1-2-10-3-5-11(6-4-10)17-9-12(14)13(16-17)7-8-15/h3-6,9H,2,7H2,1H3. The highest BCUT2D eigenvalue weighted by molar-refractivity contribution is 9.10. The van der Waals surface area contributed by atoms with Crippen LogP contribution in [0.2, 0.25) is 0 Å². The van der Waals surface area contributed by atoms with E-state index in [4.69, 9.17) is 5.26 Å². The van der Waals surface area contributed by atoms with Crippen molar-refractivity contribution in [2.75, 3.05) is 0 Å². The van der Waals surface area contributed by atoms with Crippen LogP contribution < -0.4 is 0 Å². The molecule has 1 aromatic heterocycles. The summed E-state index contributed by atoms with van der Waals surface area (Å²) in [4.78, 5) is 0. The van der Waals surface area contributed by atoms with Crippen LogP contribution in [0.4, 0.5) is 0 Å². The minimum atomic E-state index is 0.320. The van der Waals surface area contributed by atoms with Crippen LogP contribution >= 0.6 is 15.9 Å².